The SMILES string of the molecule is O=[si]1cccccn1. The first-order valence-electron chi connectivity index (χ1n) is 2.31. The van der Waals surface area contributed by atoms with Gasteiger partial charge in [0.05, 0.1) is 0 Å². The van der Waals surface area contributed by atoms with Gasteiger partial charge in [-0.1, -0.05) is 12.1 Å². The molecule has 0 saturated heterocycles. The molecule has 1 heterocycles. The molecule has 1 aromatic rings. The maximum Gasteiger partial charge on any atom is 0.447 e. The Morgan fingerprint density at radius 3 is 3.00 bits per heavy atom. The Hall–Kier alpha value is -0.833. The number of hydrogen-bond acceptors (Lipinski definition) is 2. The van der Waals surface area contributed by atoms with Gasteiger partial charge in [-0.15, -0.1) is 0 Å². The average molecular weight is 123 g/mol. The highest BCUT2D eigenvalue weighted by atomic mass is 28.2. The van der Waals surface area contributed by atoms with Crippen molar-refractivity contribution in [3.63, 3.8) is 0 Å². The second-order valence-corrected chi connectivity index (χ2v) is 2.63. The number of aromatic nitrogens is 1. The Morgan fingerprint density at radius 2 is 2.12 bits per heavy atom. The number of nitrogens with zero attached hydrogens (tertiary/aromatic N) is 1. The molecule has 0 aliphatic heterocycles. The number of hydrogen-bond donors (Lipinski definition) is 0. The van der Waals surface area contributed by atoms with Crippen LogP contribution in [0.3, 0.4) is 0 Å². The molecule has 0 aliphatic carbocycles. The molecule has 0 spiro atoms. The molecule has 0 fully saturated rings. The van der Waals surface area contributed by atoms with Gasteiger partial charge < -0.3 is 4.46 Å². The van der Waals surface area contributed by atoms with Crippen molar-refractivity contribution in [2.45, 2.75) is 0 Å². The van der Waals surface area contributed by atoms with Crippen LogP contribution in [-0.4, -0.2) is 13.1 Å². The molecule has 8 heavy (non-hydrogen) atoms. The van der Waals surface area contributed by atoms with E-state index in [-0.39, 0.29) is 0 Å². The summed E-state index contributed by atoms with van der Waals surface area (Å²) in [5, 5.41) is 0. The minimum absolute atomic E-state index is 1.56. The fourth-order valence-corrected chi connectivity index (χ4v) is 1.01. The largest absolute Gasteiger partial charge is 0.447 e. The summed E-state index contributed by atoms with van der Waals surface area (Å²) in [7, 11) is -1.75. The van der Waals surface area contributed by atoms with E-state index in [1.54, 1.807) is 30.1 Å². The summed E-state index contributed by atoms with van der Waals surface area (Å²) in [6, 6.07) is 5.30. The van der Waals surface area contributed by atoms with Gasteiger partial charge in [0.1, 0.15) is 0 Å². The molecule has 0 radical (unpaired) electrons. The second-order valence-electron chi connectivity index (χ2n) is 1.36. The number of rotatable bonds is 0. The van der Waals surface area contributed by atoms with Crippen LogP contribution >= 0.6 is 0 Å². The van der Waals surface area contributed by atoms with Gasteiger partial charge in [-0.25, -0.2) is 0 Å². The zero-order valence-corrected chi connectivity index (χ0v) is 5.24. The van der Waals surface area contributed by atoms with E-state index in [0.29, 0.717) is 0 Å². The topological polar surface area (TPSA) is 30.0 Å². The van der Waals surface area contributed by atoms with Crippen LogP contribution in [0.1, 0.15) is 0 Å². The fraction of sp³-hybridized carbons (Fsp3) is 0. The quantitative estimate of drug-likeness (QED) is 0.472. The summed E-state index contributed by atoms with van der Waals surface area (Å²) < 4.78 is 14.2. The Morgan fingerprint density at radius 1 is 1.25 bits per heavy atom. The van der Waals surface area contributed by atoms with Crippen molar-refractivity contribution in [2.75, 3.05) is 0 Å². The van der Waals surface area contributed by atoms with Crippen LogP contribution in [0.25, 0.3) is 0 Å². The molecule has 3 heteroatoms. The highest BCUT2D eigenvalue weighted by Crippen LogP contribution is 1.72. The Balaban J connectivity index is 3.32. The Kier molecular flexibility index (Phi) is 1.64. The molecule has 0 saturated carbocycles. The summed E-state index contributed by atoms with van der Waals surface area (Å²) in [6.07, 6.45) is 1.56. The van der Waals surface area contributed by atoms with E-state index in [1.807, 2.05) is 0 Å². The van der Waals surface area contributed by atoms with Gasteiger partial charge in [0.2, 0.25) is 0 Å². The van der Waals surface area contributed by atoms with E-state index in [2.05, 4.69) is 4.64 Å². The van der Waals surface area contributed by atoms with Gasteiger partial charge in [-0.05, 0) is 11.7 Å². The van der Waals surface area contributed by atoms with Gasteiger partial charge >= 0.3 is 8.45 Å². The third-order valence-corrected chi connectivity index (χ3v) is 1.63. The van der Waals surface area contributed by atoms with E-state index >= 15 is 0 Å². The molecule has 1 aromatic heterocycles. The summed E-state index contributed by atoms with van der Waals surface area (Å²) in [4.78, 5) is 0. The normalized spacial score (nSPS) is 8.50. The molecule has 0 aromatic carbocycles. The molecule has 0 aliphatic rings. The van der Waals surface area contributed by atoms with Crippen LogP contribution in [0.4, 0.5) is 0 Å². The molecule has 0 bridgehead atoms. The molecule has 2 nitrogen and oxygen atoms in total. The van der Waals surface area contributed by atoms with Gasteiger partial charge in [0.15, 0.2) is 0 Å². The summed E-state index contributed by atoms with van der Waals surface area (Å²) in [5.41, 5.74) is 1.60. The lowest BCUT2D eigenvalue weighted by molar-refractivity contribution is 0.574. The van der Waals surface area contributed by atoms with Crippen molar-refractivity contribution >= 4 is 8.45 Å². The lowest BCUT2D eigenvalue weighted by Gasteiger charge is -1.55. The molecular formula is C5H5NOSi. The first-order chi connectivity index (χ1) is 3.89. The first kappa shape index (κ1) is 5.31. The van der Waals surface area contributed by atoms with Gasteiger partial charge in [0.25, 0.3) is 0 Å². The standard InChI is InChI=1S/C5H5NOSi/c7-8-5-3-1-2-4-6-8/h1-5H. The summed E-state index contributed by atoms with van der Waals surface area (Å²) in [5.74, 6) is 0. The van der Waals surface area contributed by atoms with Gasteiger partial charge in [-0.3, -0.25) is 4.64 Å². The van der Waals surface area contributed by atoms with Crippen LogP contribution in [0, 0.1) is 0 Å². The molecule has 1 rings (SSSR count). The minimum Gasteiger partial charge on any atom is -0.352 e. The smallest absolute Gasteiger partial charge is 0.352 e. The van der Waals surface area contributed by atoms with E-state index in [9.17, 15) is 4.46 Å². The lowest BCUT2D eigenvalue weighted by atomic mass is 10.6. The summed E-state index contributed by atoms with van der Waals surface area (Å²) in [6.45, 7) is 0. The van der Waals surface area contributed by atoms with Crippen LogP contribution in [-0.2, 0) is 4.46 Å². The third kappa shape index (κ3) is 1.35. The van der Waals surface area contributed by atoms with Crippen molar-refractivity contribution < 1.29 is 4.46 Å². The fourth-order valence-electron chi connectivity index (χ4n) is 0.411. The van der Waals surface area contributed by atoms with Gasteiger partial charge in [0, 0.05) is 6.20 Å². The van der Waals surface area contributed by atoms with Gasteiger partial charge in [-0.2, -0.15) is 0 Å². The molecule has 0 unspecified atom stereocenters. The van der Waals surface area contributed by atoms with Crippen LogP contribution in [0.2, 0.25) is 0 Å². The van der Waals surface area contributed by atoms with Crippen molar-refractivity contribution in [1.82, 2.24) is 4.64 Å². The Labute approximate surface area is 48.5 Å². The molecule has 0 N–H and O–H groups in total. The molecular weight excluding hydrogens is 118 g/mol. The second kappa shape index (κ2) is 2.47. The van der Waals surface area contributed by atoms with Crippen molar-refractivity contribution in [3.05, 3.63) is 30.1 Å². The first-order valence-corrected chi connectivity index (χ1v) is 3.74. The molecule has 0 atom stereocenters. The average Bonchev–Trinajstić information content (AvgIpc) is 1.94. The predicted molar refractivity (Wildman–Crippen MR) is 30.7 cm³/mol. The van der Waals surface area contributed by atoms with E-state index in [4.69, 9.17) is 0 Å². The highest BCUT2D eigenvalue weighted by molar-refractivity contribution is 6.27. The van der Waals surface area contributed by atoms with Crippen molar-refractivity contribution in [2.24, 2.45) is 0 Å². The van der Waals surface area contributed by atoms with Crippen LogP contribution in [0.15, 0.2) is 30.1 Å². The maximum atomic E-state index is 10.5. The minimum atomic E-state index is -1.75. The predicted octanol–water partition coefficient (Wildman–Crippen LogP) is 0.582. The summed E-state index contributed by atoms with van der Waals surface area (Å²) >= 11 is 0. The molecule has 0 amide bonds. The molecule has 40 valence electrons. The highest BCUT2D eigenvalue weighted by Gasteiger charge is 1.75. The van der Waals surface area contributed by atoms with Crippen molar-refractivity contribution in [3.8, 4) is 0 Å². The zero-order chi connectivity index (χ0) is 5.82. The van der Waals surface area contributed by atoms with Crippen LogP contribution in [0.5, 0.6) is 0 Å². The zero-order valence-electron chi connectivity index (χ0n) is 4.24. The van der Waals surface area contributed by atoms with E-state index in [0.717, 1.165) is 0 Å². The third-order valence-electron chi connectivity index (χ3n) is 0.749. The van der Waals surface area contributed by atoms with Crippen molar-refractivity contribution in [1.29, 1.82) is 0 Å². The maximum absolute atomic E-state index is 10.5. The monoisotopic (exact) mass is 123 g/mol. The van der Waals surface area contributed by atoms with E-state index < -0.39 is 8.45 Å². The lowest BCUT2D eigenvalue weighted by Crippen LogP contribution is -1.76. The van der Waals surface area contributed by atoms with E-state index in [1.165, 1.54) is 0 Å². The Bertz CT molecular complexity index is 203. The van der Waals surface area contributed by atoms with Crippen LogP contribution < -0.4 is 0 Å².